The van der Waals surface area contributed by atoms with Crippen molar-refractivity contribution in [2.45, 2.75) is 33.9 Å². The SMILES string of the molecule is Cc1cc(C)c(OCc2csc(C(=O)Nc3cnn(Cc4cccc(Cl)c4)c3)c2)c(C)c1. The molecule has 32 heavy (non-hydrogen) atoms. The van der Waals surface area contributed by atoms with E-state index in [0.717, 1.165) is 28.0 Å². The highest BCUT2D eigenvalue weighted by atomic mass is 35.5. The van der Waals surface area contributed by atoms with E-state index in [1.54, 1.807) is 17.1 Å². The van der Waals surface area contributed by atoms with Gasteiger partial charge in [-0.2, -0.15) is 5.10 Å². The Hall–Kier alpha value is -3.09. The number of anilines is 1. The Morgan fingerprint density at radius 1 is 1.12 bits per heavy atom. The molecular weight excluding hydrogens is 442 g/mol. The molecule has 0 spiro atoms. The predicted octanol–water partition coefficient (Wildman–Crippen LogP) is 6.40. The molecule has 4 aromatic rings. The first-order valence-electron chi connectivity index (χ1n) is 10.2. The monoisotopic (exact) mass is 465 g/mol. The second kappa shape index (κ2) is 9.59. The lowest BCUT2D eigenvalue weighted by atomic mass is 10.1. The van der Waals surface area contributed by atoms with Gasteiger partial charge in [-0.3, -0.25) is 9.48 Å². The number of carbonyl (C=O) groups excluding carboxylic acids is 1. The maximum Gasteiger partial charge on any atom is 0.265 e. The Kier molecular flexibility index (Phi) is 6.63. The summed E-state index contributed by atoms with van der Waals surface area (Å²) in [7, 11) is 0. The third kappa shape index (κ3) is 5.39. The number of nitrogens with zero attached hydrogens (tertiary/aromatic N) is 2. The molecule has 1 amide bonds. The van der Waals surface area contributed by atoms with Crippen LogP contribution in [0.1, 0.15) is 37.5 Å². The molecular formula is C25H24ClN3O2S. The summed E-state index contributed by atoms with van der Waals surface area (Å²) in [6.45, 7) is 7.18. The number of carbonyl (C=O) groups is 1. The fraction of sp³-hybridized carbons (Fsp3) is 0.200. The van der Waals surface area contributed by atoms with Crippen molar-refractivity contribution in [1.82, 2.24) is 9.78 Å². The molecule has 0 atom stereocenters. The zero-order valence-corrected chi connectivity index (χ0v) is 19.8. The minimum Gasteiger partial charge on any atom is -0.488 e. The molecule has 7 heteroatoms. The van der Waals surface area contributed by atoms with Gasteiger partial charge in [-0.05, 0) is 61.0 Å². The third-order valence-corrected chi connectivity index (χ3v) is 6.20. The second-order valence-corrected chi connectivity index (χ2v) is 9.19. The maximum atomic E-state index is 12.7. The van der Waals surface area contributed by atoms with Crippen LogP contribution in [0.3, 0.4) is 0 Å². The predicted molar refractivity (Wildman–Crippen MR) is 130 cm³/mol. The smallest absolute Gasteiger partial charge is 0.265 e. The first kappa shape index (κ1) is 22.1. The van der Waals surface area contributed by atoms with E-state index in [-0.39, 0.29) is 5.91 Å². The van der Waals surface area contributed by atoms with Crippen LogP contribution in [-0.2, 0) is 13.2 Å². The van der Waals surface area contributed by atoms with E-state index in [1.807, 2.05) is 49.6 Å². The maximum absolute atomic E-state index is 12.7. The standard InChI is InChI=1S/C25H24ClN3O2S/c1-16-7-17(2)24(18(3)8-16)31-14-20-10-23(32-15-20)25(30)28-22-11-27-29(13-22)12-19-5-4-6-21(26)9-19/h4-11,13,15H,12,14H2,1-3H3,(H,28,30). The normalized spacial score (nSPS) is 10.9. The van der Waals surface area contributed by atoms with Crippen molar-refractivity contribution in [3.05, 3.63) is 98.0 Å². The number of hydrogen-bond acceptors (Lipinski definition) is 4. The summed E-state index contributed by atoms with van der Waals surface area (Å²) >= 11 is 7.44. The topological polar surface area (TPSA) is 56.1 Å². The van der Waals surface area contributed by atoms with Crippen LogP contribution in [-0.4, -0.2) is 15.7 Å². The number of hydrogen-bond donors (Lipinski definition) is 1. The molecule has 0 radical (unpaired) electrons. The number of rotatable bonds is 7. The van der Waals surface area contributed by atoms with Crippen LogP contribution in [0.5, 0.6) is 5.75 Å². The average Bonchev–Trinajstić information content (AvgIpc) is 3.37. The van der Waals surface area contributed by atoms with Crippen LogP contribution < -0.4 is 10.1 Å². The summed E-state index contributed by atoms with van der Waals surface area (Å²) in [5, 5.41) is 9.87. The molecule has 0 fully saturated rings. The van der Waals surface area contributed by atoms with E-state index in [1.165, 1.54) is 16.9 Å². The number of amides is 1. The van der Waals surface area contributed by atoms with Gasteiger partial charge < -0.3 is 10.1 Å². The fourth-order valence-electron chi connectivity index (χ4n) is 3.65. The van der Waals surface area contributed by atoms with Crippen molar-refractivity contribution in [3.63, 3.8) is 0 Å². The minimum atomic E-state index is -0.161. The zero-order valence-electron chi connectivity index (χ0n) is 18.2. The first-order valence-corrected chi connectivity index (χ1v) is 11.5. The Labute approximate surface area is 196 Å². The third-order valence-electron chi connectivity index (χ3n) is 4.99. The van der Waals surface area contributed by atoms with E-state index in [4.69, 9.17) is 16.3 Å². The molecule has 0 saturated carbocycles. The molecule has 0 aliphatic heterocycles. The van der Waals surface area contributed by atoms with Crippen LogP contribution in [0.2, 0.25) is 5.02 Å². The van der Waals surface area contributed by atoms with Gasteiger partial charge in [0.2, 0.25) is 0 Å². The molecule has 0 aliphatic rings. The van der Waals surface area contributed by atoms with Gasteiger partial charge in [-0.25, -0.2) is 0 Å². The van der Waals surface area contributed by atoms with Gasteiger partial charge in [0.25, 0.3) is 5.91 Å². The molecule has 2 aromatic heterocycles. The molecule has 2 heterocycles. The van der Waals surface area contributed by atoms with Gasteiger partial charge in [-0.1, -0.05) is 41.4 Å². The van der Waals surface area contributed by atoms with Crippen molar-refractivity contribution >= 4 is 34.5 Å². The van der Waals surface area contributed by atoms with Crippen LogP contribution >= 0.6 is 22.9 Å². The van der Waals surface area contributed by atoms with E-state index in [9.17, 15) is 4.79 Å². The Bertz CT molecular complexity index is 1240. The number of ether oxygens (including phenoxy) is 1. The van der Waals surface area contributed by atoms with Crippen molar-refractivity contribution in [2.24, 2.45) is 0 Å². The van der Waals surface area contributed by atoms with Gasteiger partial charge in [0, 0.05) is 16.8 Å². The van der Waals surface area contributed by atoms with E-state index in [0.29, 0.717) is 28.7 Å². The summed E-state index contributed by atoms with van der Waals surface area (Å²) in [6.07, 6.45) is 3.45. The highest BCUT2D eigenvalue weighted by Crippen LogP contribution is 2.26. The van der Waals surface area contributed by atoms with Crippen LogP contribution in [0.4, 0.5) is 5.69 Å². The van der Waals surface area contributed by atoms with Crippen molar-refractivity contribution in [2.75, 3.05) is 5.32 Å². The molecule has 2 aromatic carbocycles. The number of nitrogens with one attached hydrogen (secondary N) is 1. The van der Waals surface area contributed by atoms with Crippen LogP contribution in [0.25, 0.3) is 0 Å². The summed E-state index contributed by atoms with van der Waals surface area (Å²) < 4.78 is 7.81. The molecule has 4 rings (SSSR count). The lowest BCUT2D eigenvalue weighted by Crippen LogP contribution is -2.09. The molecule has 0 unspecified atom stereocenters. The summed E-state index contributed by atoms with van der Waals surface area (Å²) in [4.78, 5) is 13.3. The van der Waals surface area contributed by atoms with Crippen molar-refractivity contribution in [1.29, 1.82) is 0 Å². The summed E-state index contributed by atoms with van der Waals surface area (Å²) in [5.74, 6) is 0.742. The molecule has 5 nitrogen and oxygen atoms in total. The van der Waals surface area contributed by atoms with E-state index < -0.39 is 0 Å². The molecule has 164 valence electrons. The molecule has 0 saturated heterocycles. The number of halogens is 1. The highest BCUT2D eigenvalue weighted by molar-refractivity contribution is 7.12. The van der Waals surface area contributed by atoms with E-state index in [2.05, 4.69) is 29.5 Å². The van der Waals surface area contributed by atoms with Gasteiger partial charge in [-0.15, -0.1) is 11.3 Å². The Morgan fingerprint density at radius 3 is 2.66 bits per heavy atom. The zero-order chi connectivity index (χ0) is 22.7. The van der Waals surface area contributed by atoms with Gasteiger partial charge in [0.05, 0.1) is 23.3 Å². The van der Waals surface area contributed by atoms with E-state index >= 15 is 0 Å². The lowest BCUT2D eigenvalue weighted by molar-refractivity contribution is 0.103. The van der Waals surface area contributed by atoms with Gasteiger partial charge in [0.1, 0.15) is 12.4 Å². The molecule has 0 aliphatic carbocycles. The van der Waals surface area contributed by atoms with Crippen molar-refractivity contribution < 1.29 is 9.53 Å². The highest BCUT2D eigenvalue weighted by Gasteiger charge is 2.12. The molecule has 0 bridgehead atoms. The Morgan fingerprint density at radius 2 is 1.91 bits per heavy atom. The minimum absolute atomic E-state index is 0.161. The summed E-state index contributed by atoms with van der Waals surface area (Å²) in [6, 6.07) is 13.7. The lowest BCUT2D eigenvalue weighted by Gasteiger charge is -2.12. The van der Waals surface area contributed by atoms with Gasteiger partial charge in [0.15, 0.2) is 0 Å². The first-order chi connectivity index (χ1) is 15.4. The molecule has 1 N–H and O–H groups in total. The summed E-state index contributed by atoms with van der Waals surface area (Å²) in [5.41, 5.74) is 6.11. The quantitative estimate of drug-likeness (QED) is 0.343. The largest absolute Gasteiger partial charge is 0.488 e. The average molecular weight is 466 g/mol. The second-order valence-electron chi connectivity index (χ2n) is 7.85. The number of benzene rings is 2. The number of aromatic nitrogens is 2. The van der Waals surface area contributed by atoms with Crippen molar-refractivity contribution in [3.8, 4) is 5.75 Å². The number of aryl methyl sites for hydroxylation is 3. The number of thiophene rings is 1. The Balaban J connectivity index is 1.36. The van der Waals surface area contributed by atoms with Crippen LogP contribution in [0, 0.1) is 20.8 Å². The van der Waals surface area contributed by atoms with Crippen LogP contribution in [0.15, 0.2) is 60.2 Å². The fourth-order valence-corrected chi connectivity index (χ4v) is 4.65. The van der Waals surface area contributed by atoms with Gasteiger partial charge >= 0.3 is 0 Å².